The van der Waals surface area contributed by atoms with Crippen molar-refractivity contribution in [1.82, 2.24) is 5.32 Å². The molecule has 20 heavy (non-hydrogen) atoms. The van der Waals surface area contributed by atoms with Crippen molar-refractivity contribution >= 4 is 17.5 Å². The lowest BCUT2D eigenvalue weighted by atomic mass is 10.1. The molecule has 0 heterocycles. The number of carbonyl (C=O) groups is 2. The van der Waals surface area contributed by atoms with E-state index < -0.39 is 17.8 Å². The fourth-order valence-electron chi connectivity index (χ4n) is 1.29. The number of hydrogen-bond donors (Lipinski definition) is 2. The molecular formula is C13H15F3N2O2. The highest BCUT2D eigenvalue weighted by Gasteiger charge is 2.29. The smallest absolute Gasteiger partial charge is 0.331 e. The molecule has 0 atom stereocenters. The van der Waals surface area contributed by atoms with Crippen LogP contribution in [0.15, 0.2) is 24.3 Å². The van der Waals surface area contributed by atoms with Crippen LogP contribution in [0.2, 0.25) is 0 Å². The first-order chi connectivity index (χ1) is 9.20. The molecule has 1 aromatic carbocycles. The summed E-state index contributed by atoms with van der Waals surface area (Å²) in [6.45, 7) is 3.29. The van der Waals surface area contributed by atoms with Gasteiger partial charge in [0.15, 0.2) is 5.78 Å². The lowest BCUT2D eigenvalue weighted by Crippen LogP contribution is -2.34. The average molecular weight is 288 g/mol. The molecule has 0 aromatic heterocycles. The maximum absolute atomic E-state index is 12.3. The minimum absolute atomic E-state index is 0.121. The van der Waals surface area contributed by atoms with Crippen molar-refractivity contribution < 1.29 is 22.8 Å². The first-order valence-electron chi connectivity index (χ1n) is 5.95. The van der Waals surface area contributed by atoms with E-state index in [1.807, 2.05) is 0 Å². The molecule has 2 N–H and O–H groups in total. The number of carbonyl (C=O) groups excluding carboxylic acids is 2. The van der Waals surface area contributed by atoms with Crippen molar-refractivity contribution in [2.24, 2.45) is 5.92 Å². The van der Waals surface area contributed by atoms with Crippen molar-refractivity contribution in [3.05, 3.63) is 29.8 Å². The normalized spacial score (nSPS) is 11.3. The van der Waals surface area contributed by atoms with Gasteiger partial charge < -0.3 is 10.6 Å². The number of amides is 2. The zero-order valence-electron chi connectivity index (χ0n) is 11.0. The van der Waals surface area contributed by atoms with E-state index in [4.69, 9.17) is 0 Å². The molecule has 110 valence electrons. The standard InChI is InChI=1S/C13H15F3N2O2/c1-8(2)11(19)7-17-12(20)18-10-5-3-9(4-6-10)13(14,15)16/h3-6,8H,7H2,1-2H3,(H2,17,18,20). The summed E-state index contributed by atoms with van der Waals surface area (Å²) < 4.78 is 37.0. The van der Waals surface area contributed by atoms with Crippen LogP contribution in [0, 0.1) is 5.92 Å². The van der Waals surface area contributed by atoms with Gasteiger partial charge in [-0.25, -0.2) is 4.79 Å². The highest BCUT2D eigenvalue weighted by Crippen LogP contribution is 2.29. The summed E-state index contributed by atoms with van der Waals surface area (Å²) in [5, 5.41) is 4.68. The van der Waals surface area contributed by atoms with Gasteiger partial charge in [-0.3, -0.25) is 4.79 Å². The molecule has 0 saturated heterocycles. The molecule has 0 aliphatic heterocycles. The number of Topliss-reactive ketones (excluding diaryl/α,β-unsaturated/α-hetero) is 1. The van der Waals surface area contributed by atoms with E-state index in [1.54, 1.807) is 13.8 Å². The summed E-state index contributed by atoms with van der Waals surface area (Å²) in [5.41, 5.74) is -0.578. The molecule has 2 amide bonds. The molecule has 0 radical (unpaired) electrons. The third-order valence-corrected chi connectivity index (χ3v) is 2.54. The number of halogens is 3. The first-order valence-corrected chi connectivity index (χ1v) is 5.95. The van der Waals surface area contributed by atoms with Gasteiger partial charge in [0.2, 0.25) is 0 Å². The molecule has 0 aliphatic rings. The Balaban J connectivity index is 2.53. The van der Waals surface area contributed by atoms with Crippen LogP contribution in [0.5, 0.6) is 0 Å². The molecule has 0 spiro atoms. The molecule has 0 fully saturated rings. The lowest BCUT2D eigenvalue weighted by molar-refractivity contribution is -0.137. The molecule has 1 rings (SSSR count). The van der Waals surface area contributed by atoms with Crippen molar-refractivity contribution in [2.75, 3.05) is 11.9 Å². The van der Waals surface area contributed by atoms with E-state index in [1.165, 1.54) is 0 Å². The maximum atomic E-state index is 12.3. The van der Waals surface area contributed by atoms with Crippen LogP contribution in [0.3, 0.4) is 0 Å². The van der Waals surface area contributed by atoms with Crippen molar-refractivity contribution in [2.45, 2.75) is 20.0 Å². The van der Waals surface area contributed by atoms with Gasteiger partial charge >= 0.3 is 12.2 Å². The predicted octanol–water partition coefficient (Wildman–Crippen LogP) is 3.05. The number of nitrogens with one attached hydrogen (secondary N) is 2. The van der Waals surface area contributed by atoms with Crippen molar-refractivity contribution in [3.8, 4) is 0 Å². The third kappa shape index (κ3) is 4.91. The Labute approximate surface area is 114 Å². The topological polar surface area (TPSA) is 58.2 Å². The number of ketones is 1. The predicted molar refractivity (Wildman–Crippen MR) is 68.3 cm³/mol. The number of alkyl halides is 3. The summed E-state index contributed by atoms with van der Waals surface area (Å²) >= 11 is 0. The second kappa shape index (κ2) is 6.40. The first kappa shape index (κ1) is 16.0. The lowest BCUT2D eigenvalue weighted by Gasteiger charge is -2.10. The molecule has 0 aliphatic carbocycles. The van der Waals surface area contributed by atoms with E-state index in [-0.39, 0.29) is 23.9 Å². The summed E-state index contributed by atoms with van der Waals surface area (Å²) in [4.78, 5) is 22.7. The molecule has 0 unspecified atom stereocenters. The monoisotopic (exact) mass is 288 g/mol. The number of anilines is 1. The summed E-state index contributed by atoms with van der Waals surface area (Å²) in [7, 11) is 0. The number of benzene rings is 1. The zero-order valence-corrected chi connectivity index (χ0v) is 11.0. The van der Waals surface area contributed by atoms with Gasteiger partial charge in [0, 0.05) is 11.6 Å². The Kier molecular flexibility index (Phi) is 5.12. The van der Waals surface area contributed by atoms with E-state index in [9.17, 15) is 22.8 Å². The van der Waals surface area contributed by atoms with Gasteiger partial charge in [0.25, 0.3) is 0 Å². The van der Waals surface area contributed by atoms with Crippen LogP contribution in [0.4, 0.5) is 23.7 Å². The Bertz CT molecular complexity index is 481. The number of rotatable bonds is 4. The summed E-state index contributed by atoms with van der Waals surface area (Å²) in [6, 6.07) is 3.39. The average Bonchev–Trinajstić information content (AvgIpc) is 2.35. The highest BCUT2D eigenvalue weighted by atomic mass is 19.4. The Hall–Kier alpha value is -2.05. The van der Waals surface area contributed by atoms with Crippen LogP contribution in [-0.4, -0.2) is 18.4 Å². The van der Waals surface area contributed by atoms with E-state index in [0.717, 1.165) is 24.3 Å². The van der Waals surface area contributed by atoms with Gasteiger partial charge in [0.05, 0.1) is 12.1 Å². The number of hydrogen-bond acceptors (Lipinski definition) is 2. The van der Waals surface area contributed by atoms with Crippen molar-refractivity contribution in [3.63, 3.8) is 0 Å². The van der Waals surface area contributed by atoms with Gasteiger partial charge in [-0.15, -0.1) is 0 Å². The Morgan fingerprint density at radius 3 is 2.15 bits per heavy atom. The van der Waals surface area contributed by atoms with Crippen LogP contribution in [0.1, 0.15) is 19.4 Å². The maximum Gasteiger partial charge on any atom is 0.416 e. The van der Waals surface area contributed by atoms with Gasteiger partial charge in [-0.05, 0) is 24.3 Å². The van der Waals surface area contributed by atoms with Gasteiger partial charge in [-0.1, -0.05) is 13.8 Å². The van der Waals surface area contributed by atoms with Gasteiger partial charge in [-0.2, -0.15) is 13.2 Å². The van der Waals surface area contributed by atoms with Crippen molar-refractivity contribution in [1.29, 1.82) is 0 Å². The second-order valence-corrected chi connectivity index (χ2v) is 4.50. The van der Waals surface area contributed by atoms with Crippen LogP contribution in [0.25, 0.3) is 0 Å². The Morgan fingerprint density at radius 2 is 1.70 bits per heavy atom. The minimum atomic E-state index is -4.41. The largest absolute Gasteiger partial charge is 0.416 e. The SMILES string of the molecule is CC(C)C(=O)CNC(=O)Nc1ccc(C(F)(F)F)cc1. The summed E-state index contributed by atoms with van der Waals surface area (Å²) in [6.07, 6.45) is -4.41. The Morgan fingerprint density at radius 1 is 1.15 bits per heavy atom. The quantitative estimate of drug-likeness (QED) is 0.894. The van der Waals surface area contributed by atoms with E-state index in [2.05, 4.69) is 10.6 Å². The number of urea groups is 1. The fraction of sp³-hybridized carbons (Fsp3) is 0.385. The van der Waals surface area contributed by atoms with Crippen LogP contribution in [-0.2, 0) is 11.0 Å². The van der Waals surface area contributed by atoms with Crippen LogP contribution >= 0.6 is 0 Å². The molecular weight excluding hydrogens is 273 g/mol. The minimum Gasteiger partial charge on any atom is -0.331 e. The third-order valence-electron chi connectivity index (χ3n) is 2.54. The highest BCUT2D eigenvalue weighted by molar-refractivity contribution is 5.93. The molecule has 0 bridgehead atoms. The molecule has 7 heteroatoms. The molecule has 1 aromatic rings. The van der Waals surface area contributed by atoms with Crippen LogP contribution < -0.4 is 10.6 Å². The molecule has 4 nitrogen and oxygen atoms in total. The molecule has 0 saturated carbocycles. The zero-order chi connectivity index (χ0) is 15.3. The van der Waals surface area contributed by atoms with Gasteiger partial charge in [0.1, 0.15) is 0 Å². The fourth-order valence-corrected chi connectivity index (χ4v) is 1.29. The summed E-state index contributed by atoms with van der Waals surface area (Å²) in [5.74, 6) is -0.325. The second-order valence-electron chi connectivity index (χ2n) is 4.50. The van der Waals surface area contributed by atoms with E-state index in [0.29, 0.717) is 0 Å². The van der Waals surface area contributed by atoms with E-state index >= 15 is 0 Å².